The van der Waals surface area contributed by atoms with E-state index in [-0.39, 0.29) is 37.3 Å². The highest BCUT2D eigenvalue weighted by molar-refractivity contribution is 6.00. The first-order valence-electron chi connectivity index (χ1n) is 10.2. The summed E-state index contributed by atoms with van der Waals surface area (Å²) in [4.78, 5) is 20.4. The second kappa shape index (κ2) is 8.89. The highest BCUT2D eigenvalue weighted by atomic mass is 19.3. The zero-order valence-electron chi connectivity index (χ0n) is 17.9. The number of alkyl halides is 3. The van der Waals surface area contributed by atoms with Crippen LogP contribution in [0.5, 0.6) is 0 Å². The van der Waals surface area contributed by atoms with Crippen molar-refractivity contribution < 1.29 is 26.8 Å². The highest BCUT2D eigenvalue weighted by Gasteiger charge is 2.52. The SMILES string of the molecule is CC(C)N1CC(F)(C(=O)N(Cc2ccc(-c3nnc(C(F)F)o3)cn2)c2cccc(F)c2)C1. The third-order valence-electron chi connectivity index (χ3n) is 5.41. The molecule has 1 fully saturated rings. The minimum absolute atomic E-state index is 0.0503. The van der Waals surface area contributed by atoms with Gasteiger partial charge in [0.1, 0.15) is 5.82 Å². The van der Waals surface area contributed by atoms with Gasteiger partial charge in [-0.1, -0.05) is 6.07 Å². The van der Waals surface area contributed by atoms with Crippen molar-refractivity contribution >= 4 is 11.6 Å². The number of hydrogen-bond donors (Lipinski definition) is 0. The second-order valence-electron chi connectivity index (χ2n) is 8.12. The van der Waals surface area contributed by atoms with E-state index in [9.17, 15) is 18.0 Å². The number of nitrogens with zero attached hydrogens (tertiary/aromatic N) is 5. The van der Waals surface area contributed by atoms with E-state index in [2.05, 4.69) is 15.2 Å². The molecule has 0 bridgehead atoms. The van der Waals surface area contributed by atoms with Gasteiger partial charge in [0.2, 0.25) is 11.6 Å². The number of carbonyl (C=O) groups excluding carboxylic acids is 1. The first kappa shape index (κ1) is 22.8. The van der Waals surface area contributed by atoms with Gasteiger partial charge in [0.05, 0.1) is 17.8 Å². The van der Waals surface area contributed by atoms with Crippen LogP contribution in [0.25, 0.3) is 11.5 Å². The molecular weight excluding hydrogens is 442 g/mol. The average Bonchev–Trinajstić information content (AvgIpc) is 3.26. The summed E-state index contributed by atoms with van der Waals surface area (Å²) < 4.78 is 59.4. The summed E-state index contributed by atoms with van der Waals surface area (Å²) in [5.74, 6) is -2.28. The molecule has 0 spiro atoms. The molecule has 7 nitrogen and oxygen atoms in total. The number of pyridine rings is 1. The number of aromatic nitrogens is 3. The largest absolute Gasteiger partial charge is 0.415 e. The Morgan fingerprint density at radius 1 is 1.21 bits per heavy atom. The van der Waals surface area contributed by atoms with E-state index in [1.807, 2.05) is 18.7 Å². The molecule has 11 heteroatoms. The molecule has 1 aromatic carbocycles. The Morgan fingerprint density at radius 3 is 2.55 bits per heavy atom. The third-order valence-corrected chi connectivity index (χ3v) is 5.41. The van der Waals surface area contributed by atoms with Crippen LogP contribution in [0.3, 0.4) is 0 Å². The molecule has 1 saturated heterocycles. The number of rotatable bonds is 7. The molecule has 0 radical (unpaired) electrons. The maximum atomic E-state index is 15.4. The van der Waals surface area contributed by atoms with Crippen LogP contribution in [0.1, 0.15) is 31.9 Å². The number of likely N-dealkylation sites (tertiary alicyclic amines) is 1. The monoisotopic (exact) mass is 463 g/mol. The lowest BCUT2D eigenvalue weighted by Crippen LogP contribution is -2.68. The number of carbonyl (C=O) groups is 1. The summed E-state index contributed by atoms with van der Waals surface area (Å²) in [6.45, 7) is 3.60. The zero-order chi connectivity index (χ0) is 23.8. The van der Waals surface area contributed by atoms with E-state index in [4.69, 9.17) is 4.42 Å². The number of anilines is 1. The molecule has 1 aliphatic heterocycles. The summed E-state index contributed by atoms with van der Waals surface area (Å²) in [7, 11) is 0. The van der Waals surface area contributed by atoms with E-state index >= 15 is 4.39 Å². The number of hydrogen-bond acceptors (Lipinski definition) is 6. The smallest absolute Gasteiger partial charge is 0.314 e. The van der Waals surface area contributed by atoms with Crippen molar-refractivity contribution in [2.45, 2.75) is 38.5 Å². The van der Waals surface area contributed by atoms with Crippen molar-refractivity contribution in [3.05, 3.63) is 60.0 Å². The summed E-state index contributed by atoms with van der Waals surface area (Å²) >= 11 is 0. The lowest BCUT2D eigenvalue weighted by molar-refractivity contribution is -0.144. The van der Waals surface area contributed by atoms with Gasteiger partial charge >= 0.3 is 6.43 Å². The van der Waals surface area contributed by atoms with Crippen molar-refractivity contribution in [2.75, 3.05) is 18.0 Å². The van der Waals surface area contributed by atoms with Gasteiger partial charge in [-0.15, -0.1) is 10.2 Å². The molecule has 0 aliphatic carbocycles. The van der Waals surface area contributed by atoms with Crippen LogP contribution in [0.4, 0.5) is 23.2 Å². The van der Waals surface area contributed by atoms with Gasteiger partial charge in [-0.05, 0) is 44.2 Å². The molecule has 3 heterocycles. The fourth-order valence-electron chi connectivity index (χ4n) is 3.51. The van der Waals surface area contributed by atoms with Gasteiger partial charge in [0.15, 0.2) is 0 Å². The molecule has 1 amide bonds. The Morgan fingerprint density at radius 2 is 1.97 bits per heavy atom. The van der Waals surface area contributed by atoms with Crippen LogP contribution in [0.2, 0.25) is 0 Å². The van der Waals surface area contributed by atoms with Crippen LogP contribution in [-0.2, 0) is 11.3 Å². The summed E-state index contributed by atoms with van der Waals surface area (Å²) in [5.41, 5.74) is -1.22. The molecule has 1 aliphatic rings. The molecule has 174 valence electrons. The number of amides is 1. The van der Waals surface area contributed by atoms with Crippen LogP contribution >= 0.6 is 0 Å². The minimum atomic E-state index is -2.89. The van der Waals surface area contributed by atoms with Crippen LogP contribution in [0, 0.1) is 5.82 Å². The topological polar surface area (TPSA) is 75.4 Å². The zero-order valence-corrected chi connectivity index (χ0v) is 17.9. The summed E-state index contributed by atoms with van der Waals surface area (Å²) in [6.07, 6.45) is -1.57. The summed E-state index contributed by atoms with van der Waals surface area (Å²) in [5, 5.41) is 6.83. The third kappa shape index (κ3) is 4.72. The fourth-order valence-corrected chi connectivity index (χ4v) is 3.51. The number of halogens is 4. The van der Waals surface area contributed by atoms with Crippen molar-refractivity contribution in [1.29, 1.82) is 0 Å². The molecule has 4 rings (SSSR count). The van der Waals surface area contributed by atoms with E-state index in [1.54, 1.807) is 0 Å². The summed E-state index contributed by atoms with van der Waals surface area (Å²) in [6, 6.07) is 8.45. The Kier molecular flexibility index (Phi) is 6.15. The predicted molar refractivity (Wildman–Crippen MR) is 111 cm³/mol. The number of benzene rings is 1. The molecule has 0 N–H and O–H groups in total. The van der Waals surface area contributed by atoms with Crippen LogP contribution in [-0.4, -0.2) is 50.8 Å². The van der Waals surface area contributed by atoms with Gasteiger partial charge in [0, 0.05) is 31.0 Å². The molecule has 0 unspecified atom stereocenters. The van der Waals surface area contributed by atoms with Crippen molar-refractivity contribution in [3.63, 3.8) is 0 Å². The molecule has 0 saturated carbocycles. The normalized spacial score (nSPS) is 15.6. The van der Waals surface area contributed by atoms with E-state index in [0.717, 1.165) is 11.0 Å². The molecular formula is C22H21F4N5O2. The molecule has 3 aromatic rings. The van der Waals surface area contributed by atoms with E-state index in [1.165, 1.54) is 36.5 Å². The standard InChI is InChI=1S/C22H21F4N5O2/c1-13(2)30-11-22(26,12-30)21(32)31(17-5-3-4-15(23)8-17)10-16-7-6-14(9-27-16)19-28-29-20(33-19)18(24)25/h3-9,13,18H,10-12H2,1-2H3. The predicted octanol–water partition coefficient (Wildman–Crippen LogP) is 4.17. The van der Waals surface area contributed by atoms with Gasteiger partial charge in [0.25, 0.3) is 11.8 Å². The van der Waals surface area contributed by atoms with Crippen molar-refractivity contribution in [3.8, 4) is 11.5 Å². The minimum Gasteiger partial charge on any atom is -0.415 e. The van der Waals surface area contributed by atoms with E-state index in [0.29, 0.717) is 11.3 Å². The van der Waals surface area contributed by atoms with Crippen LogP contribution in [0.15, 0.2) is 47.0 Å². The van der Waals surface area contributed by atoms with Crippen molar-refractivity contribution in [2.24, 2.45) is 0 Å². The fraction of sp³-hybridized carbons (Fsp3) is 0.364. The van der Waals surface area contributed by atoms with Crippen LogP contribution < -0.4 is 4.90 Å². The maximum Gasteiger partial charge on any atom is 0.314 e. The van der Waals surface area contributed by atoms with Gasteiger partial charge in [-0.3, -0.25) is 14.7 Å². The lowest BCUT2D eigenvalue weighted by Gasteiger charge is -2.47. The maximum absolute atomic E-state index is 15.4. The molecule has 0 atom stereocenters. The average molecular weight is 463 g/mol. The Labute approximate surface area is 187 Å². The first-order valence-corrected chi connectivity index (χ1v) is 10.2. The highest BCUT2D eigenvalue weighted by Crippen LogP contribution is 2.32. The van der Waals surface area contributed by atoms with Gasteiger partial charge < -0.3 is 9.32 Å². The molecule has 2 aromatic heterocycles. The molecule has 33 heavy (non-hydrogen) atoms. The first-order chi connectivity index (χ1) is 15.7. The Bertz CT molecular complexity index is 1130. The van der Waals surface area contributed by atoms with Crippen molar-refractivity contribution in [1.82, 2.24) is 20.1 Å². The Hall–Kier alpha value is -3.34. The quantitative estimate of drug-likeness (QED) is 0.490. The lowest BCUT2D eigenvalue weighted by atomic mass is 9.92. The Balaban J connectivity index is 1.57. The van der Waals surface area contributed by atoms with Gasteiger partial charge in [-0.25, -0.2) is 8.78 Å². The van der Waals surface area contributed by atoms with Gasteiger partial charge in [-0.2, -0.15) is 8.78 Å². The second-order valence-corrected chi connectivity index (χ2v) is 8.12. The van der Waals surface area contributed by atoms with E-state index < -0.39 is 29.7 Å².